The number of hydrogen-bond donors (Lipinski definition) is 1. The van der Waals surface area contributed by atoms with Crippen molar-refractivity contribution in [2.75, 3.05) is 11.9 Å². The van der Waals surface area contributed by atoms with Gasteiger partial charge in [0.2, 0.25) is 5.88 Å². The first kappa shape index (κ1) is 14.8. The van der Waals surface area contributed by atoms with E-state index in [9.17, 15) is 10.1 Å². The molecule has 21 heavy (non-hydrogen) atoms. The quantitative estimate of drug-likeness (QED) is 0.649. The highest BCUT2D eigenvalue weighted by molar-refractivity contribution is 5.50. The third-order valence-corrected chi connectivity index (χ3v) is 2.75. The summed E-state index contributed by atoms with van der Waals surface area (Å²) in [6.07, 6.45) is 0.926. The smallest absolute Gasteiger partial charge is 0.331 e. The molecule has 2 aromatic rings. The maximum atomic E-state index is 11.1. The molecule has 0 amide bonds. The van der Waals surface area contributed by atoms with Crippen LogP contribution >= 0.6 is 0 Å². The number of pyridine rings is 1. The summed E-state index contributed by atoms with van der Waals surface area (Å²) < 4.78 is 7.06. The van der Waals surface area contributed by atoms with E-state index >= 15 is 0 Å². The lowest BCUT2D eigenvalue weighted by Gasteiger charge is -2.08. The summed E-state index contributed by atoms with van der Waals surface area (Å²) in [6.45, 7) is 4.57. The first-order valence-electron chi connectivity index (χ1n) is 6.59. The van der Waals surface area contributed by atoms with Crippen LogP contribution in [0.1, 0.15) is 19.0 Å². The number of hydrogen-bond acceptors (Lipinski definition) is 6. The number of anilines is 1. The van der Waals surface area contributed by atoms with E-state index in [2.05, 4.69) is 15.4 Å². The second-order valence-corrected chi connectivity index (χ2v) is 4.55. The average Bonchev–Trinajstić information content (AvgIpc) is 2.74. The second kappa shape index (κ2) is 6.21. The van der Waals surface area contributed by atoms with Crippen molar-refractivity contribution in [1.82, 2.24) is 14.8 Å². The Morgan fingerprint density at radius 1 is 1.48 bits per heavy atom. The Labute approximate surface area is 121 Å². The fourth-order valence-corrected chi connectivity index (χ4v) is 1.78. The Hall–Kier alpha value is -2.64. The first-order valence-corrected chi connectivity index (χ1v) is 6.59. The van der Waals surface area contributed by atoms with E-state index < -0.39 is 4.92 Å². The summed E-state index contributed by atoms with van der Waals surface area (Å²) in [5, 5.41) is 18.3. The van der Waals surface area contributed by atoms with Gasteiger partial charge in [-0.15, -0.1) is 0 Å². The molecule has 0 spiro atoms. The minimum atomic E-state index is -0.519. The van der Waals surface area contributed by atoms with Gasteiger partial charge in [0.15, 0.2) is 0 Å². The molecule has 0 aliphatic rings. The van der Waals surface area contributed by atoms with Gasteiger partial charge in [0.05, 0.1) is 10.6 Å². The van der Waals surface area contributed by atoms with Crippen LogP contribution in [-0.2, 0) is 7.05 Å². The molecule has 2 rings (SSSR count). The zero-order valence-electron chi connectivity index (χ0n) is 12.2. The van der Waals surface area contributed by atoms with E-state index in [-0.39, 0.29) is 11.6 Å². The van der Waals surface area contributed by atoms with Gasteiger partial charge >= 0.3 is 11.6 Å². The predicted molar refractivity (Wildman–Crippen MR) is 77.7 cm³/mol. The molecular weight excluding hydrogens is 274 g/mol. The molecule has 8 nitrogen and oxygen atoms in total. The zero-order chi connectivity index (χ0) is 15.4. The number of ether oxygens (including phenoxy) is 1. The van der Waals surface area contributed by atoms with Crippen molar-refractivity contribution in [3.8, 4) is 11.8 Å². The Morgan fingerprint density at radius 3 is 2.81 bits per heavy atom. The summed E-state index contributed by atoms with van der Waals surface area (Å²) in [4.78, 5) is 14.7. The van der Waals surface area contributed by atoms with E-state index in [1.165, 1.54) is 10.7 Å². The van der Waals surface area contributed by atoms with Gasteiger partial charge in [-0.3, -0.25) is 10.1 Å². The highest BCUT2D eigenvalue weighted by Crippen LogP contribution is 2.30. The van der Waals surface area contributed by atoms with Crippen LogP contribution in [0.5, 0.6) is 11.8 Å². The Balaban J connectivity index is 2.34. The molecule has 2 aromatic heterocycles. The summed E-state index contributed by atoms with van der Waals surface area (Å²) in [6, 6.07) is 4.64. The largest absolute Gasteiger partial charge is 0.415 e. The lowest BCUT2D eigenvalue weighted by atomic mass is 10.4. The number of nitrogens with one attached hydrogen (secondary N) is 1. The molecule has 8 heteroatoms. The van der Waals surface area contributed by atoms with Crippen LogP contribution in [0.4, 0.5) is 11.5 Å². The van der Waals surface area contributed by atoms with E-state index in [4.69, 9.17) is 4.74 Å². The third kappa shape index (κ3) is 3.47. The maximum absolute atomic E-state index is 11.1. The average molecular weight is 291 g/mol. The van der Waals surface area contributed by atoms with Crippen LogP contribution in [0.25, 0.3) is 0 Å². The van der Waals surface area contributed by atoms with Crippen molar-refractivity contribution in [3.63, 3.8) is 0 Å². The lowest BCUT2D eigenvalue weighted by Crippen LogP contribution is -2.05. The van der Waals surface area contributed by atoms with E-state index in [1.807, 2.05) is 13.8 Å². The molecule has 1 N–H and O–H groups in total. The van der Waals surface area contributed by atoms with Crippen LogP contribution < -0.4 is 10.1 Å². The van der Waals surface area contributed by atoms with E-state index in [1.54, 1.807) is 19.2 Å². The van der Waals surface area contributed by atoms with E-state index in [0.29, 0.717) is 11.7 Å². The van der Waals surface area contributed by atoms with Crippen LogP contribution in [0.3, 0.4) is 0 Å². The molecule has 0 radical (unpaired) electrons. The van der Waals surface area contributed by atoms with Crippen LogP contribution in [0.2, 0.25) is 0 Å². The first-order chi connectivity index (χ1) is 10.0. The Morgan fingerprint density at radius 2 is 2.24 bits per heavy atom. The second-order valence-electron chi connectivity index (χ2n) is 4.55. The molecule has 0 aromatic carbocycles. The molecule has 0 bridgehead atoms. The standard InChI is InChI=1S/C13H17N5O3/c1-4-7-14-11-6-5-10(18(19)20)13(15-11)21-12-8-9(2)16-17(12)3/h5-6,8H,4,7H2,1-3H3,(H,14,15). The lowest BCUT2D eigenvalue weighted by molar-refractivity contribution is -0.386. The highest BCUT2D eigenvalue weighted by atomic mass is 16.6. The van der Waals surface area contributed by atoms with Crippen molar-refractivity contribution in [1.29, 1.82) is 0 Å². The summed E-state index contributed by atoms with van der Waals surface area (Å²) in [5.41, 5.74) is 0.575. The van der Waals surface area contributed by atoms with E-state index in [0.717, 1.165) is 18.7 Å². The molecule has 112 valence electrons. The number of aryl methyl sites for hydroxylation is 2. The van der Waals surface area contributed by atoms with Crippen LogP contribution in [0.15, 0.2) is 18.2 Å². The minimum absolute atomic E-state index is 0.0518. The van der Waals surface area contributed by atoms with Gasteiger partial charge in [0.25, 0.3) is 0 Å². The van der Waals surface area contributed by atoms with Crippen molar-refractivity contribution < 1.29 is 9.66 Å². The van der Waals surface area contributed by atoms with Gasteiger partial charge in [-0.25, -0.2) is 4.68 Å². The number of aromatic nitrogens is 3. The fourth-order valence-electron chi connectivity index (χ4n) is 1.78. The number of rotatable bonds is 6. The van der Waals surface area contributed by atoms with Gasteiger partial charge < -0.3 is 10.1 Å². The molecule has 0 saturated carbocycles. The maximum Gasteiger partial charge on any atom is 0.331 e. The molecule has 0 unspecified atom stereocenters. The zero-order valence-corrected chi connectivity index (χ0v) is 12.2. The number of nitro groups is 1. The van der Waals surface area contributed by atoms with Crippen molar-refractivity contribution >= 4 is 11.5 Å². The Bertz CT molecular complexity index is 653. The number of nitrogens with zero attached hydrogens (tertiary/aromatic N) is 4. The van der Waals surface area contributed by atoms with Gasteiger partial charge in [-0.1, -0.05) is 6.92 Å². The molecule has 0 atom stereocenters. The third-order valence-electron chi connectivity index (χ3n) is 2.75. The summed E-state index contributed by atoms with van der Waals surface area (Å²) >= 11 is 0. The topological polar surface area (TPSA) is 95.1 Å². The molecule has 0 aliphatic heterocycles. The van der Waals surface area contributed by atoms with Gasteiger partial charge in [-0.2, -0.15) is 10.1 Å². The van der Waals surface area contributed by atoms with Crippen molar-refractivity contribution in [2.24, 2.45) is 7.05 Å². The summed E-state index contributed by atoms with van der Waals surface area (Å²) in [5.74, 6) is 0.885. The highest BCUT2D eigenvalue weighted by Gasteiger charge is 2.20. The van der Waals surface area contributed by atoms with Crippen LogP contribution in [-0.4, -0.2) is 26.2 Å². The summed E-state index contributed by atoms with van der Waals surface area (Å²) in [7, 11) is 1.70. The van der Waals surface area contributed by atoms with Crippen LogP contribution in [0, 0.1) is 17.0 Å². The Kier molecular flexibility index (Phi) is 4.36. The fraction of sp³-hybridized carbons (Fsp3) is 0.385. The molecule has 0 aliphatic carbocycles. The van der Waals surface area contributed by atoms with Gasteiger partial charge in [0.1, 0.15) is 5.82 Å². The monoisotopic (exact) mass is 291 g/mol. The van der Waals surface area contributed by atoms with Gasteiger partial charge in [0, 0.05) is 25.7 Å². The molecule has 0 fully saturated rings. The molecule has 2 heterocycles. The normalized spacial score (nSPS) is 10.4. The minimum Gasteiger partial charge on any atom is -0.415 e. The SMILES string of the molecule is CCCNc1ccc([N+](=O)[O-])c(Oc2cc(C)nn2C)n1. The predicted octanol–water partition coefficient (Wildman–Crippen LogP) is 2.65. The van der Waals surface area contributed by atoms with Crippen molar-refractivity contribution in [2.45, 2.75) is 20.3 Å². The molecule has 0 saturated heterocycles. The molecular formula is C13H17N5O3. The van der Waals surface area contributed by atoms with Crippen molar-refractivity contribution in [3.05, 3.63) is 34.0 Å². The van der Waals surface area contributed by atoms with Gasteiger partial charge in [-0.05, 0) is 19.4 Å².